The molecule has 1 rings (SSSR count). The summed E-state index contributed by atoms with van der Waals surface area (Å²) in [4.78, 5) is 0. The molecule has 0 aromatic carbocycles. The fourth-order valence-corrected chi connectivity index (χ4v) is 2.10. The maximum Gasteiger partial charge on any atom is 0.0606 e. The van der Waals surface area contributed by atoms with Gasteiger partial charge >= 0.3 is 0 Å². The maximum absolute atomic E-state index is 5.67. The van der Waals surface area contributed by atoms with Crippen LogP contribution >= 0.6 is 0 Å². The number of rotatable bonds is 3. The second kappa shape index (κ2) is 4.10. The Morgan fingerprint density at radius 2 is 2.18 bits per heavy atom. The smallest absolute Gasteiger partial charge is 0.0606 e. The molecule has 0 amide bonds. The molecule has 1 heteroatoms. The molecule has 0 radical (unpaired) electrons. The Morgan fingerprint density at radius 1 is 1.45 bits per heavy atom. The summed E-state index contributed by atoms with van der Waals surface area (Å²) in [5.74, 6) is 1.57. The summed E-state index contributed by atoms with van der Waals surface area (Å²) in [6.45, 7) is 7.87. The van der Waals surface area contributed by atoms with Crippen molar-refractivity contribution in [3.8, 4) is 0 Å². The molecule has 2 atom stereocenters. The minimum absolute atomic E-state index is 0.569. The molecular weight excluding hydrogens is 136 g/mol. The minimum atomic E-state index is 0.569. The molecular formula is C10H20O. The van der Waals surface area contributed by atoms with Gasteiger partial charge in [-0.2, -0.15) is 0 Å². The molecule has 1 fully saturated rings. The molecule has 11 heavy (non-hydrogen) atoms. The molecule has 1 heterocycles. The standard InChI is InChI=1S/C10H20O/c1-4-9(8(2)3)10-6-5-7-11-10/h8-10H,4-7H2,1-3H3/t9?,10-/m1/s1. The van der Waals surface area contributed by atoms with Crippen molar-refractivity contribution >= 4 is 0 Å². The molecule has 1 unspecified atom stereocenters. The van der Waals surface area contributed by atoms with E-state index in [0.717, 1.165) is 18.4 Å². The lowest BCUT2D eigenvalue weighted by molar-refractivity contribution is 0.0428. The largest absolute Gasteiger partial charge is 0.378 e. The van der Waals surface area contributed by atoms with E-state index >= 15 is 0 Å². The Labute approximate surface area is 70.1 Å². The summed E-state index contributed by atoms with van der Waals surface area (Å²) in [6.07, 6.45) is 4.40. The Bertz CT molecular complexity index is 103. The van der Waals surface area contributed by atoms with Crippen LogP contribution in [-0.4, -0.2) is 12.7 Å². The van der Waals surface area contributed by atoms with E-state index in [1.165, 1.54) is 19.3 Å². The van der Waals surface area contributed by atoms with E-state index in [9.17, 15) is 0 Å². The van der Waals surface area contributed by atoms with Crippen LogP contribution in [0.25, 0.3) is 0 Å². The maximum atomic E-state index is 5.67. The Morgan fingerprint density at radius 3 is 2.55 bits per heavy atom. The third-order valence-corrected chi connectivity index (χ3v) is 2.77. The van der Waals surface area contributed by atoms with Gasteiger partial charge in [0, 0.05) is 6.61 Å². The Kier molecular flexibility index (Phi) is 3.38. The van der Waals surface area contributed by atoms with Gasteiger partial charge in [-0.15, -0.1) is 0 Å². The van der Waals surface area contributed by atoms with Crippen LogP contribution in [0.3, 0.4) is 0 Å². The molecule has 1 saturated heterocycles. The fraction of sp³-hybridized carbons (Fsp3) is 1.00. The lowest BCUT2D eigenvalue weighted by Gasteiger charge is -2.24. The van der Waals surface area contributed by atoms with Crippen molar-refractivity contribution in [3.05, 3.63) is 0 Å². The van der Waals surface area contributed by atoms with E-state index in [1.54, 1.807) is 0 Å². The van der Waals surface area contributed by atoms with Crippen LogP contribution < -0.4 is 0 Å². The summed E-state index contributed by atoms with van der Waals surface area (Å²) in [6, 6.07) is 0. The van der Waals surface area contributed by atoms with E-state index in [2.05, 4.69) is 20.8 Å². The van der Waals surface area contributed by atoms with Gasteiger partial charge in [-0.3, -0.25) is 0 Å². The molecule has 0 aliphatic carbocycles. The van der Waals surface area contributed by atoms with Gasteiger partial charge in [0.25, 0.3) is 0 Å². The van der Waals surface area contributed by atoms with Crippen molar-refractivity contribution in [3.63, 3.8) is 0 Å². The van der Waals surface area contributed by atoms with Gasteiger partial charge < -0.3 is 4.74 Å². The van der Waals surface area contributed by atoms with E-state index < -0.39 is 0 Å². The van der Waals surface area contributed by atoms with Crippen LogP contribution in [0.2, 0.25) is 0 Å². The number of ether oxygens (including phenoxy) is 1. The molecule has 0 bridgehead atoms. The molecule has 1 aliphatic heterocycles. The molecule has 0 aromatic heterocycles. The third-order valence-electron chi connectivity index (χ3n) is 2.77. The molecule has 0 N–H and O–H groups in total. The van der Waals surface area contributed by atoms with Crippen LogP contribution in [0.5, 0.6) is 0 Å². The number of hydrogen-bond acceptors (Lipinski definition) is 1. The van der Waals surface area contributed by atoms with Crippen molar-refractivity contribution in [2.75, 3.05) is 6.61 Å². The fourth-order valence-electron chi connectivity index (χ4n) is 2.10. The molecule has 1 aliphatic rings. The Hall–Kier alpha value is -0.0400. The predicted molar refractivity (Wildman–Crippen MR) is 47.6 cm³/mol. The van der Waals surface area contributed by atoms with E-state index in [-0.39, 0.29) is 0 Å². The van der Waals surface area contributed by atoms with Gasteiger partial charge in [0.2, 0.25) is 0 Å². The molecule has 0 aromatic rings. The van der Waals surface area contributed by atoms with Gasteiger partial charge in [-0.1, -0.05) is 27.2 Å². The zero-order valence-electron chi connectivity index (χ0n) is 7.97. The first-order valence-electron chi connectivity index (χ1n) is 4.87. The molecule has 0 saturated carbocycles. The van der Waals surface area contributed by atoms with Crippen LogP contribution in [0.15, 0.2) is 0 Å². The van der Waals surface area contributed by atoms with E-state index in [0.29, 0.717) is 6.10 Å². The monoisotopic (exact) mass is 156 g/mol. The summed E-state index contributed by atoms with van der Waals surface area (Å²) in [5.41, 5.74) is 0. The van der Waals surface area contributed by atoms with Crippen LogP contribution in [-0.2, 0) is 4.74 Å². The van der Waals surface area contributed by atoms with Crippen molar-refractivity contribution in [2.24, 2.45) is 11.8 Å². The zero-order valence-corrected chi connectivity index (χ0v) is 7.97. The second-order valence-corrected chi connectivity index (χ2v) is 3.87. The van der Waals surface area contributed by atoms with Gasteiger partial charge in [-0.25, -0.2) is 0 Å². The van der Waals surface area contributed by atoms with Gasteiger partial charge in [0.05, 0.1) is 6.10 Å². The second-order valence-electron chi connectivity index (χ2n) is 3.87. The lowest BCUT2D eigenvalue weighted by atomic mass is 9.87. The quantitative estimate of drug-likeness (QED) is 0.610. The van der Waals surface area contributed by atoms with E-state index in [4.69, 9.17) is 4.74 Å². The SMILES string of the molecule is CCC(C(C)C)[C@H]1CCCO1. The van der Waals surface area contributed by atoms with Crippen LogP contribution in [0.4, 0.5) is 0 Å². The van der Waals surface area contributed by atoms with Crippen LogP contribution in [0.1, 0.15) is 40.0 Å². The first-order valence-corrected chi connectivity index (χ1v) is 4.87. The first-order chi connectivity index (χ1) is 5.25. The van der Waals surface area contributed by atoms with Gasteiger partial charge in [0.1, 0.15) is 0 Å². The van der Waals surface area contributed by atoms with Crippen LogP contribution in [0, 0.1) is 11.8 Å². The van der Waals surface area contributed by atoms with Gasteiger partial charge in [-0.05, 0) is 24.7 Å². The van der Waals surface area contributed by atoms with Crippen molar-refractivity contribution in [1.82, 2.24) is 0 Å². The summed E-state index contributed by atoms with van der Waals surface area (Å²) in [5, 5.41) is 0. The van der Waals surface area contributed by atoms with Crippen molar-refractivity contribution in [2.45, 2.75) is 46.1 Å². The summed E-state index contributed by atoms with van der Waals surface area (Å²) < 4.78 is 5.67. The zero-order chi connectivity index (χ0) is 8.27. The van der Waals surface area contributed by atoms with Gasteiger partial charge in [0.15, 0.2) is 0 Å². The minimum Gasteiger partial charge on any atom is -0.378 e. The summed E-state index contributed by atoms with van der Waals surface area (Å²) in [7, 11) is 0. The number of hydrogen-bond donors (Lipinski definition) is 0. The molecule has 66 valence electrons. The average molecular weight is 156 g/mol. The first kappa shape index (κ1) is 9.05. The highest BCUT2D eigenvalue weighted by Crippen LogP contribution is 2.28. The average Bonchev–Trinajstić information content (AvgIpc) is 2.40. The highest BCUT2D eigenvalue weighted by atomic mass is 16.5. The molecule has 1 nitrogen and oxygen atoms in total. The lowest BCUT2D eigenvalue weighted by Crippen LogP contribution is -2.23. The van der Waals surface area contributed by atoms with Crippen molar-refractivity contribution < 1.29 is 4.74 Å². The summed E-state index contributed by atoms with van der Waals surface area (Å²) >= 11 is 0. The third kappa shape index (κ3) is 2.19. The van der Waals surface area contributed by atoms with E-state index in [1.807, 2.05) is 0 Å². The highest BCUT2D eigenvalue weighted by molar-refractivity contribution is 4.75. The normalized spacial score (nSPS) is 27.8. The highest BCUT2D eigenvalue weighted by Gasteiger charge is 2.26. The topological polar surface area (TPSA) is 9.23 Å². The van der Waals surface area contributed by atoms with Crippen molar-refractivity contribution in [1.29, 1.82) is 0 Å². The molecule has 0 spiro atoms. The predicted octanol–water partition coefficient (Wildman–Crippen LogP) is 2.85. The Balaban J connectivity index is 2.40.